The van der Waals surface area contributed by atoms with Crippen LogP contribution in [0.25, 0.3) is 195 Å². The second kappa shape index (κ2) is 11.8. The fraction of sp³-hybridized carbons (Fsp3) is 0.0625. The Balaban J connectivity index is 1.27. The predicted octanol–water partition coefficient (Wildman–Crippen LogP) is 8.92. The third-order valence-electron chi connectivity index (χ3n) is 18.9. The zero-order valence-electron chi connectivity index (χ0n) is 41.2. The van der Waals surface area contributed by atoms with Crippen molar-refractivity contribution in [1.29, 1.82) is 0 Å². The number of nitrogens with zero attached hydrogens (tertiary/aromatic N) is 6. The minimum absolute atomic E-state index is 0.242. The summed E-state index contributed by atoms with van der Waals surface area (Å²) in [6, 6.07) is 30.3. The summed E-state index contributed by atoms with van der Waals surface area (Å²) < 4.78 is 8.63. The molecule has 0 spiro atoms. The van der Waals surface area contributed by atoms with E-state index in [0.29, 0.717) is 141 Å². The monoisotopic (exact) mass is 1010 g/mol. The van der Waals surface area contributed by atoms with Crippen LogP contribution >= 0.6 is 0 Å². The van der Waals surface area contributed by atoms with E-state index in [1.807, 2.05) is 94.1 Å². The Kier molecular flexibility index (Phi) is 6.00. The molecule has 0 N–H and O–H groups in total. The van der Waals surface area contributed by atoms with Gasteiger partial charge < -0.3 is 9.13 Å². The molecule has 14 aromatic carbocycles. The standard InChI is InChI=1S/C64H28N6O8/c1-65-57(71)25-15-23-37-47-35(25)27(59(65)73)17-31-43(47)45-33(69(31)21-11-7-5-8-12-21)19-29-42-49(45)51(37)54-40(56(42)64(78)68(4)61(29)75)24-16-26-36-28(60(74)66(2)58(26)72)18-32-44-46-34(70(32)22-13-9-6-10-14-22)20-30-41-50(46)52(38(24)48(36)44)53(54)39(23)55(41)63(77)67(3)62(30)76/h5-20H,1-4H3. The van der Waals surface area contributed by atoms with Crippen LogP contribution in [0, 0.1) is 0 Å². The molecule has 78 heavy (non-hydrogen) atoms. The van der Waals surface area contributed by atoms with Crippen molar-refractivity contribution in [2.24, 2.45) is 28.2 Å². The summed E-state index contributed by atoms with van der Waals surface area (Å²) in [5, 5.41) is 15.0. The number of hydrogen-bond donors (Lipinski definition) is 0. The number of pyridine rings is 4. The van der Waals surface area contributed by atoms with E-state index in [9.17, 15) is 9.59 Å². The zero-order valence-corrected chi connectivity index (χ0v) is 41.2. The Morgan fingerprint density at radius 1 is 0.218 bits per heavy atom. The van der Waals surface area contributed by atoms with Gasteiger partial charge >= 0.3 is 0 Å². The van der Waals surface area contributed by atoms with E-state index < -0.39 is 44.5 Å². The minimum Gasteiger partial charge on any atom is -0.309 e. The van der Waals surface area contributed by atoms with Gasteiger partial charge in [-0.05, 0) is 82.2 Å². The van der Waals surface area contributed by atoms with Crippen LogP contribution in [0.4, 0.5) is 0 Å². The molecule has 14 heteroatoms. The average molecular weight is 1010 g/mol. The molecule has 0 unspecified atom stereocenters. The van der Waals surface area contributed by atoms with Crippen LogP contribution in [0.2, 0.25) is 0 Å². The number of benzene rings is 14. The summed E-state index contributed by atoms with van der Waals surface area (Å²) in [5.74, 6) is 0. The Labute approximate surface area is 428 Å². The molecule has 6 heterocycles. The fourth-order valence-electron chi connectivity index (χ4n) is 16.0. The highest BCUT2D eigenvalue weighted by molar-refractivity contribution is 6.63. The van der Waals surface area contributed by atoms with Gasteiger partial charge in [-0.1, -0.05) is 36.4 Å². The first kappa shape index (κ1) is 39.8. The van der Waals surface area contributed by atoms with Crippen molar-refractivity contribution in [2.45, 2.75) is 0 Å². The van der Waals surface area contributed by atoms with Crippen LogP contribution in [0.3, 0.4) is 0 Å². The molecule has 0 bridgehead atoms. The topological polar surface area (TPSA) is 166 Å². The molecular formula is C64H28N6O8. The molecule has 362 valence electrons. The maximum Gasteiger partial charge on any atom is 0.261 e. The van der Waals surface area contributed by atoms with Gasteiger partial charge in [0.25, 0.3) is 44.5 Å². The van der Waals surface area contributed by atoms with Crippen molar-refractivity contribution in [3.8, 4) is 11.4 Å². The van der Waals surface area contributed by atoms with Gasteiger partial charge in [-0.3, -0.25) is 56.6 Å². The fourth-order valence-corrected chi connectivity index (χ4v) is 16.0. The van der Waals surface area contributed by atoms with E-state index in [-0.39, 0.29) is 32.3 Å². The number of rotatable bonds is 2. The lowest BCUT2D eigenvalue weighted by atomic mass is 9.73. The zero-order chi connectivity index (χ0) is 52.2. The normalized spacial score (nSPS) is 13.5. The van der Waals surface area contributed by atoms with Gasteiger partial charge in [0.15, 0.2) is 0 Å². The van der Waals surface area contributed by atoms with Crippen molar-refractivity contribution in [1.82, 2.24) is 27.4 Å². The molecule has 0 aliphatic rings. The van der Waals surface area contributed by atoms with E-state index in [0.717, 1.165) is 40.4 Å². The van der Waals surface area contributed by atoms with Gasteiger partial charge in [0.05, 0.1) is 54.4 Å². The third-order valence-corrected chi connectivity index (χ3v) is 18.9. The smallest absolute Gasteiger partial charge is 0.261 e. The SMILES string of the molecule is Cn1c(=O)c2cc3c4c5c(=O)n(C)c(=O)c6cc7c8c(c65)c5c6c(cc9c(=O)n(C)c(=O)c%10cc(c8c6c9%10)n7-c6ccccc6)c6c7c(=O)n(C)c(=O)c8cc9c%10c(c87)c(c3c3c2c(cc(c3%10)n9-c2ccccc2)c1=O)c6c45. The van der Waals surface area contributed by atoms with E-state index >= 15 is 28.8 Å². The van der Waals surface area contributed by atoms with Crippen molar-refractivity contribution in [3.05, 3.63) is 180 Å². The summed E-state index contributed by atoms with van der Waals surface area (Å²) in [6.07, 6.45) is 0. The van der Waals surface area contributed by atoms with Crippen LogP contribution in [-0.2, 0) is 28.2 Å². The van der Waals surface area contributed by atoms with Gasteiger partial charge in [0, 0.05) is 147 Å². The molecule has 0 radical (unpaired) electrons. The van der Waals surface area contributed by atoms with Crippen molar-refractivity contribution in [3.63, 3.8) is 0 Å². The van der Waals surface area contributed by atoms with Crippen LogP contribution < -0.4 is 44.5 Å². The summed E-state index contributed by atoms with van der Waals surface area (Å²) in [6.45, 7) is 0. The van der Waals surface area contributed by atoms with Crippen molar-refractivity contribution < 1.29 is 0 Å². The molecule has 6 aromatic heterocycles. The van der Waals surface area contributed by atoms with E-state index in [1.54, 1.807) is 12.1 Å². The molecule has 0 aliphatic heterocycles. The van der Waals surface area contributed by atoms with Crippen molar-refractivity contribution in [2.75, 3.05) is 0 Å². The molecule has 0 saturated heterocycles. The van der Waals surface area contributed by atoms with Crippen LogP contribution in [0.1, 0.15) is 0 Å². The molecule has 0 fully saturated rings. The number of hydrogen-bond acceptors (Lipinski definition) is 8. The van der Waals surface area contributed by atoms with Crippen LogP contribution in [-0.4, -0.2) is 27.4 Å². The first-order chi connectivity index (χ1) is 37.8. The Hall–Kier alpha value is -10.6. The maximum absolute atomic E-state index is 15.8. The molecular weight excluding hydrogens is 981 g/mol. The highest BCUT2D eigenvalue weighted by Crippen LogP contribution is 2.62. The molecule has 20 aromatic rings. The van der Waals surface area contributed by atoms with Crippen LogP contribution in [0.5, 0.6) is 0 Å². The highest BCUT2D eigenvalue weighted by atomic mass is 16.2. The lowest BCUT2D eigenvalue weighted by Crippen LogP contribution is -2.31. The van der Waals surface area contributed by atoms with E-state index in [1.165, 1.54) is 28.2 Å². The first-order valence-electron chi connectivity index (χ1n) is 25.6. The molecule has 0 aliphatic carbocycles. The minimum atomic E-state index is -0.562. The van der Waals surface area contributed by atoms with E-state index in [4.69, 9.17) is 0 Å². The molecule has 20 rings (SSSR count). The third kappa shape index (κ3) is 3.63. The Morgan fingerprint density at radius 3 is 0.769 bits per heavy atom. The largest absolute Gasteiger partial charge is 0.309 e. The summed E-state index contributed by atoms with van der Waals surface area (Å²) >= 11 is 0. The van der Waals surface area contributed by atoms with Gasteiger partial charge in [0.2, 0.25) is 0 Å². The molecule has 0 saturated carbocycles. The van der Waals surface area contributed by atoms with Gasteiger partial charge in [-0.15, -0.1) is 0 Å². The first-order valence-corrected chi connectivity index (χ1v) is 25.6. The van der Waals surface area contributed by atoms with E-state index in [2.05, 4.69) is 0 Å². The van der Waals surface area contributed by atoms with Crippen molar-refractivity contribution >= 4 is 184 Å². The maximum atomic E-state index is 15.8. The van der Waals surface area contributed by atoms with Gasteiger partial charge in [0.1, 0.15) is 0 Å². The number of para-hydroxylation sites is 2. The molecule has 0 atom stereocenters. The quantitative estimate of drug-likeness (QED) is 0.122. The highest BCUT2D eigenvalue weighted by Gasteiger charge is 2.38. The number of fused-ring (bicyclic) bond motifs is 4. The second-order valence-electron chi connectivity index (χ2n) is 22.0. The summed E-state index contributed by atoms with van der Waals surface area (Å²) in [4.78, 5) is 122. The number of aromatic nitrogens is 6. The van der Waals surface area contributed by atoms with Gasteiger partial charge in [-0.25, -0.2) is 0 Å². The Bertz CT molecular complexity index is 6400. The average Bonchev–Trinajstić information content (AvgIpc) is 4.15. The molecule has 14 nitrogen and oxygen atoms in total. The molecule has 0 amide bonds. The van der Waals surface area contributed by atoms with Gasteiger partial charge in [-0.2, -0.15) is 0 Å². The van der Waals surface area contributed by atoms with Crippen LogP contribution in [0.15, 0.2) is 135 Å². The summed E-state index contributed by atoms with van der Waals surface area (Å²) in [7, 11) is 5.89. The summed E-state index contributed by atoms with van der Waals surface area (Å²) in [5.41, 5.74) is -0.137. The second-order valence-corrected chi connectivity index (χ2v) is 22.0. The lowest BCUT2D eigenvalue weighted by molar-refractivity contribution is 0.841. The lowest BCUT2D eigenvalue weighted by Gasteiger charge is -2.28. The Morgan fingerprint density at radius 2 is 0.449 bits per heavy atom. The predicted molar refractivity (Wildman–Crippen MR) is 312 cm³/mol.